The van der Waals surface area contributed by atoms with Gasteiger partial charge in [0.25, 0.3) is 5.91 Å². The third-order valence-electron chi connectivity index (χ3n) is 7.82. The van der Waals surface area contributed by atoms with Gasteiger partial charge in [-0.3, -0.25) is 19.2 Å². The molecule has 4 aromatic rings. The number of fused-ring (bicyclic) bond motifs is 1. The number of nitrogens with zero attached hydrogens (tertiary/aromatic N) is 3. The maximum Gasteiger partial charge on any atom is 0.323 e. The predicted molar refractivity (Wildman–Crippen MR) is 187 cm³/mol. The first-order valence-corrected chi connectivity index (χ1v) is 17.3. The van der Waals surface area contributed by atoms with E-state index in [1.54, 1.807) is 43.8 Å². The van der Waals surface area contributed by atoms with Crippen LogP contribution >= 0.6 is 0 Å². The Morgan fingerprint density at radius 2 is 1.78 bits per heavy atom. The molecule has 2 amide bonds. The largest absolute Gasteiger partial charge is 0.494 e. The molecule has 0 unspecified atom stereocenters. The smallest absolute Gasteiger partial charge is 0.323 e. The Kier molecular flexibility index (Phi) is 12.3. The topological polar surface area (TPSA) is 229 Å². The number of sulfonamides is 1. The molecule has 2 aromatic heterocycles. The fourth-order valence-corrected chi connectivity index (χ4v) is 7.01. The molecule has 1 atom stereocenters. The number of aromatic nitrogens is 3. The summed E-state index contributed by atoms with van der Waals surface area (Å²) in [6.45, 7) is 3.83. The number of ether oxygens (including phenoxy) is 1. The van der Waals surface area contributed by atoms with E-state index in [1.165, 1.54) is 18.3 Å². The van der Waals surface area contributed by atoms with Gasteiger partial charge in [-0.15, -0.1) is 0 Å². The lowest BCUT2D eigenvalue weighted by Crippen LogP contribution is -2.49. The van der Waals surface area contributed by atoms with Crippen LogP contribution in [0, 0.1) is 13.8 Å². The fourth-order valence-electron chi connectivity index (χ4n) is 5.37. The lowest BCUT2D eigenvalue weighted by atomic mass is 10.1. The summed E-state index contributed by atoms with van der Waals surface area (Å²) in [5.74, 6) is -1.47. The quantitative estimate of drug-likeness (QED) is 0.0844. The maximum atomic E-state index is 13.4. The van der Waals surface area contributed by atoms with Crippen LogP contribution < -0.4 is 36.6 Å². The third-order valence-corrected chi connectivity index (χ3v) is 9.60. The van der Waals surface area contributed by atoms with Crippen molar-refractivity contribution in [3.8, 4) is 5.75 Å². The van der Waals surface area contributed by atoms with Gasteiger partial charge >= 0.3 is 5.97 Å². The first-order valence-electron chi connectivity index (χ1n) is 15.8. The lowest BCUT2D eigenvalue weighted by Gasteiger charge is -2.19. The zero-order chi connectivity index (χ0) is 36.6. The molecule has 0 bridgehead atoms. The van der Waals surface area contributed by atoms with Gasteiger partial charge < -0.3 is 40.7 Å². The molecule has 17 heteroatoms. The monoisotopic (exact) mass is 710 g/mol. The Hall–Kier alpha value is -5.26. The van der Waals surface area contributed by atoms with Gasteiger partial charge in [0.2, 0.25) is 27.3 Å². The van der Waals surface area contributed by atoms with Gasteiger partial charge in [-0.05, 0) is 61.2 Å². The first-order chi connectivity index (χ1) is 23.7. The van der Waals surface area contributed by atoms with Crippen molar-refractivity contribution in [2.45, 2.75) is 44.2 Å². The summed E-state index contributed by atoms with van der Waals surface area (Å²) in [5.41, 5.74) is 6.63. The van der Waals surface area contributed by atoms with Crippen LogP contribution in [0.15, 0.2) is 58.6 Å². The molecule has 0 fully saturated rings. The average Bonchev–Trinajstić information content (AvgIpc) is 3.48. The minimum absolute atomic E-state index is 0.138. The number of pyridine rings is 1. The van der Waals surface area contributed by atoms with Gasteiger partial charge in [-0.25, -0.2) is 13.4 Å². The standard InChI is InChI=1S/C33H42N8O8S/c1-20-14-23(49-13-5-6-28(42)35-10-9-34)15-21(2)30(20)50(47,48)39-26(32(45)46)18-37-31(44)25-19-41(4)27-16-22(7-8-24(27)29(25)43)17-38-33-36-11-12-40(33)3/h7-8,11-12,14-16,19,26,39H,5-6,9-10,13,17-18,34H2,1-4H3,(H,35,42)(H,36,38)(H,37,44)(H,45,46)/t26-/m0/s1. The highest BCUT2D eigenvalue weighted by Crippen LogP contribution is 2.26. The number of carboxylic acids is 1. The normalized spacial score (nSPS) is 12.0. The van der Waals surface area contributed by atoms with Crippen molar-refractivity contribution in [2.75, 3.05) is 31.6 Å². The van der Waals surface area contributed by atoms with Crippen LogP contribution in [0.25, 0.3) is 10.9 Å². The highest BCUT2D eigenvalue weighted by molar-refractivity contribution is 7.89. The molecule has 16 nitrogen and oxygen atoms in total. The summed E-state index contributed by atoms with van der Waals surface area (Å²) in [7, 11) is -0.855. The van der Waals surface area contributed by atoms with E-state index in [2.05, 4.69) is 25.7 Å². The molecular weight excluding hydrogens is 668 g/mol. The van der Waals surface area contributed by atoms with E-state index in [0.717, 1.165) is 5.56 Å². The number of aryl methyl sites for hydroxylation is 4. The highest BCUT2D eigenvalue weighted by atomic mass is 32.2. The number of aliphatic carboxylic acids is 1. The lowest BCUT2D eigenvalue weighted by molar-refractivity contribution is -0.138. The zero-order valence-electron chi connectivity index (χ0n) is 28.3. The van der Waals surface area contributed by atoms with Crippen LogP contribution in [-0.4, -0.2) is 77.7 Å². The number of rotatable bonds is 17. The second kappa shape index (κ2) is 16.4. The number of nitrogens with one attached hydrogen (secondary N) is 4. The van der Waals surface area contributed by atoms with Crippen molar-refractivity contribution >= 4 is 44.7 Å². The number of amides is 2. The summed E-state index contributed by atoms with van der Waals surface area (Å²) in [6.07, 6.45) is 5.50. The van der Waals surface area contributed by atoms with Crippen molar-refractivity contribution in [3.05, 3.63) is 81.4 Å². The molecule has 7 N–H and O–H groups in total. The van der Waals surface area contributed by atoms with Gasteiger partial charge in [0.15, 0.2) is 0 Å². The third kappa shape index (κ3) is 9.25. The van der Waals surface area contributed by atoms with Crippen LogP contribution in [0.5, 0.6) is 5.75 Å². The second-order valence-electron chi connectivity index (χ2n) is 11.7. The summed E-state index contributed by atoms with van der Waals surface area (Å²) >= 11 is 0. The molecule has 0 saturated carbocycles. The van der Waals surface area contributed by atoms with Crippen LogP contribution in [0.2, 0.25) is 0 Å². The Morgan fingerprint density at radius 1 is 1.06 bits per heavy atom. The van der Waals surface area contributed by atoms with E-state index in [1.807, 2.05) is 23.9 Å². The van der Waals surface area contributed by atoms with Crippen LogP contribution in [0.4, 0.5) is 5.95 Å². The molecule has 0 aliphatic heterocycles. The van der Waals surface area contributed by atoms with E-state index in [4.69, 9.17) is 10.5 Å². The maximum absolute atomic E-state index is 13.4. The number of hydrogen-bond donors (Lipinski definition) is 6. The van der Waals surface area contributed by atoms with Crippen LogP contribution in [0.1, 0.15) is 39.9 Å². The van der Waals surface area contributed by atoms with Crippen molar-refractivity contribution in [3.63, 3.8) is 0 Å². The zero-order valence-corrected chi connectivity index (χ0v) is 29.1. The van der Waals surface area contributed by atoms with Crippen molar-refractivity contribution in [2.24, 2.45) is 19.8 Å². The van der Waals surface area contributed by atoms with Crippen molar-refractivity contribution in [1.82, 2.24) is 29.5 Å². The van der Waals surface area contributed by atoms with Gasteiger partial charge in [0, 0.05) is 70.7 Å². The SMILES string of the molecule is Cc1cc(OCCCC(=O)NCCN)cc(C)c1S(=O)(=O)N[C@@H](CNC(=O)c1cn(C)c2cc(CNc3nccn3C)ccc2c1=O)C(=O)O. The summed E-state index contributed by atoms with van der Waals surface area (Å²) in [6, 6.07) is 6.44. The number of benzene rings is 2. The summed E-state index contributed by atoms with van der Waals surface area (Å²) in [5, 5.41) is 18.4. The number of carbonyl (C=O) groups is 3. The van der Waals surface area contributed by atoms with E-state index < -0.39 is 39.9 Å². The van der Waals surface area contributed by atoms with Crippen LogP contribution in [-0.2, 0) is 40.3 Å². The summed E-state index contributed by atoms with van der Waals surface area (Å²) in [4.78, 5) is 54.4. The molecule has 4 rings (SSSR count). The molecule has 0 spiro atoms. The Balaban J connectivity index is 1.41. The molecule has 268 valence electrons. The minimum Gasteiger partial charge on any atom is -0.494 e. The Bertz CT molecular complexity index is 2040. The van der Waals surface area contributed by atoms with Gasteiger partial charge in [0.05, 0.1) is 17.0 Å². The van der Waals surface area contributed by atoms with Gasteiger partial charge in [-0.2, -0.15) is 4.72 Å². The molecule has 2 heterocycles. The highest BCUT2D eigenvalue weighted by Gasteiger charge is 2.29. The molecule has 50 heavy (non-hydrogen) atoms. The van der Waals surface area contributed by atoms with E-state index in [9.17, 15) is 32.7 Å². The van der Waals surface area contributed by atoms with Gasteiger partial charge in [-0.1, -0.05) is 6.07 Å². The Morgan fingerprint density at radius 3 is 2.42 bits per heavy atom. The summed E-state index contributed by atoms with van der Waals surface area (Å²) < 4.78 is 38.1. The number of anilines is 1. The minimum atomic E-state index is -4.39. The first kappa shape index (κ1) is 37.6. The molecule has 0 saturated heterocycles. The number of carboxylic acid groups (broad SMARTS) is 1. The van der Waals surface area contributed by atoms with Crippen LogP contribution in [0.3, 0.4) is 0 Å². The number of nitrogens with two attached hydrogens (primary N) is 1. The number of carbonyl (C=O) groups excluding carboxylic acids is 2. The Labute approximate surface area is 289 Å². The van der Waals surface area contributed by atoms with E-state index >= 15 is 0 Å². The molecule has 0 aliphatic carbocycles. The number of hydrogen-bond acceptors (Lipinski definition) is 10. The molecule has 2 aromatic carbocycles. The molecular formula is C33H42N8O8S. The van der Waals surface area contributed by atoms with Crippen molar-refractivity contribution in [1.29, 1.82) is 0 Å². The molecule has 0 radical (unpaired) electrons. The van der Waals surface area contributed by atoms with E-state index in [0.29, 0.717) is 54.4 Å². The number of imidazole rings is 1. The van der Waals surface area contributed by atoms with E-state index in [-0.39, 0.29) is 34.8 Å². The average molecular weight is 711 g/mol. The van der Waals surface area contributed by atoms with Crippen molar-refractivity contribution < 1.29 is 32.6 Å². The van der Waals surface area contributed by atoms with Gasteiger partial charge in [0.1, 0.15) is 17.4 Å². The molecule has 0 aliphatic rings. The second-order valence-corrected chi connectivity index (χ2v) is 13.4. The predicted octanol–water partition coefficient (Wildman–Crippen LogP) is 0.896. The fraction of sp³-hybridized carbons (Fsp3) is 0.364.